The van der Waals surface area contributed by atoms with E-state index in [0.29, 0.717) is 5.02 Å². The fourth-order valence-corrected chi connectivity index (χ4v) is 1.67. The highest BCUT2D eigenvalue weighted by Gasteiger charge is 2.23. The van der Waals surface area contributed by atoms with E-state index in [-0.39, 0.29) is 29.7 Å². The van der Waals surface area contributed by atoms with Crippen LogP contribution in [0.2, 0.25) is 5.02 Å². The molecule has 1 aliphatic rings. The van der Waals surface area contributed by atoms with Gasteiger partial charge in [-0.3, -0.25) is 14.9 Å². The van der Waals surface area contributed by atoms with Crippen molar-refractivity contribution in [1.29, 1.82) is 0 Å². The molecule has 0 bridgehead atoms. The zero-order valence-corrected chi connectivity index (χ0v) is 10.2. The summed E-state index contributed by atoms with van der Waals surface area (Å²) in [6, 6.07) is 4.11. The number of phenolic OH excluding ortho intramolecular Hbond substituents is 1. The van der Waals surface area contributed by atoms with Gasteiger partial charge in [0.2, 0.25) is 11.9 Å². The maximum absolute atomic E-state index is 11.8. The van der Waals surface area contributed by atoms with Crippen molar-refractivity contribution >= 4 is 29.4 Å². The zero-order chi connectivity index (χ0) is 13.3. The minimum absolute atomic E-state index is 0.0291. The van der Waals surface area contributed by atoms with Crippen molar-refractivity contribution < 1.29 is 14.7 Å². The number of halogens is 1. The molecular formula is C11H10ClN3O3. The van der Waals surface area contributed by atoms with E-state index in [2.05, 4.69) is 10.3 Å². The van der Waals surface area contributed by atoms with E-state index in [1.807, 2.05) is 0 Å². The Bertz CT molecular complexity index is 556. The van der Waals surface area contributed by atoms with Gasteiger partial charge in [-0.2, -0.15) is 4.99 Å². The van der Waals surface area contributed by atoms with E-state index in [4.69, 9.17) is 11.6 Å². The third-order valence-electron chi connectivity index (χ3n) is 2.39. The van der Waals surface area contributed by atoms with Crippen LogP contribution in [-0.2, 0) is 4.79 Å². The molecule has 1 fully saturated rings. The first kappa shape index (κ1) is 12.4. The van der Waals surface area contributed by atoms with Crippen molar-refractivity contribution in [1.82, 2.24) is 10.2 Å². The lowest BCUT2D eigenvalue weighted by Crippen LogP contribution is -2.28. The van der Waals surface area contributed by atoms with Gasteiger partial charge in [-0.25, -0.2) is 0 Å². The average Bonchev–Trinajstić information content (AvgIpc) is 2.57. The number of benzene rings is 1. The zero-order valence-electron chi connectivity index (χ0n) is 9.48. The lowest BCUT2D eigenvalue weighted by atomic mass is 10.2. The molecule has 6 nitrogen and oxygen atoms in total. The molecule has 1 aromatic carbocycles. The van der Waals surface area contributed by atoms with Crippen molar-refractivity contribution in [2.75, 3.05) is 13.6 Å². The monoisotopic (exact) mass is 267 g/mol. The van der Waals surface area contributed by atoms with Gasteiger partial charge in [-0.05, 0) is 18.2 Å². The van der Waals surface area contributed by atoms with Crippen molar-refractivity contribution in [3.63, 3.8) is 0 Å². The maximum atomic E-state index is 11.8. The summed E-state index contributed by atoms with van der Waals surface area (Å²) in [5, 5.41) is 12.3. The summed E-state index contributed by atoms with van der Waals surface area (Å²) >= 11 is 5.66. The van der Waals surface area contributed by atoms with E-state index in [9.17, 15) is 14.7 Å². The first-order chi connectivity index (χ1) is 8.47. The number of phenols is 1. The number of likely N-dealkylation sites (N-methyl/N-ethyl adjacent to an activating group) is 1. The molecular weight excluding hydrogens is 258 g/mol. The summed E-state index contributed by atoms with van der Waals surface area (Å²) in [5.74, 6) is -0.958. The van der Waals surface area contributed by atoms with Gasteiger partial charge >= 0.3 is 0 Å². The van der Waals surface area contributed by atoms with E-state index in [0.717, 1.165) is 0 Å². The fourth-order valence-electron chi connectivity index (χ4n) is 1.51. The van der Waals surface area contributed by atoms with Gasteiger partial charge in [0.05, 0.1) is 12.1 Å². The molecule has 0 saturated carbocycles. The molecule has 7 heteroatoms. The van der Waals surface area contributed by atoms with Crippen molar-refractivity contribution in [2.24, 2.45) is 4.99 Å². The van der Waals surface area contributed by atoms with Crippen LogP contribution in [0.4, 0.5) is 0 Å². The average molecular weight is 268 g/mol. The number of guanidine groups is 1. The molecule has 2 rings (SSSR count). The number of amides is 2. The van der Waals surface area contributed by atoms with Crippen LogP contribution in [0.5, 0.6) is 5.75 Å². The molecule has 1 aliphatic heterocycles. The lowest BCUT2D eigenvalue weighted by Gasteiger charge is -2.08. The lowest BCUT2D eigenvalue weighted by molar-refractivity contribution is -0.118. The first-order valence-corrected chi connectivity index (χ1v) is 5.47. The molecule has 2 N–H and O–H groups in total. The molecule has 0 aromatic heterocycles. The van der Waals surface area contributed by atoms with Gasteiger partial charge in [0.1, 0.15) is 5.75 Å². The van der Waals surface area contributed by atoms with Gasteiger partial charge in [0.25, 0.3) is 5.91 Å². The van der Waals surface area contributed by atoms with E-state index in [1.54, 1.807) is 7.05 Å². The van der Waals surface area contributed by atoms with Crippen molar-refractivity contribution in [2.45, 2.75) is 0 Å². The highest BCUT2D eigenvalue weighted by Crippen LogP contribution is 2.22. The highest BCUT2D eigenvalue weighted by atomic mass is 35.5. The molecule has 0 atom stereocenters. The number of hydrogen-bond donors (Lipinski definition) is 2. The Balaban J connectivity index is 2.27. The number of carbonyl (C=O) groups is 2. The fraction of sp³-hybridized carbons (Fsp3) is 0.182. The number of carbonyl (C=O) groups excluding carboxylic acids is 2. The standard InChI is InChI=1S/C11H10ClN3O3/c1-15-5-9(17)13-11(15)14-10(18)7-3-2-6(12)4-8(7)16/h2-4,16H,5H2,1H3,(H,13,14,17,18). The van der Waals surface area contributed by atoms with Crippen LogP contribution in [0.1, 0.15) is 10.4 Å². The topological polar surface area (TPSA) is 82.0 Å². The quantitative estimate of drug-likeness (QED) is 0.781. The summed E-state index contributed by atoms with van der Waals surface area (Å²) in [6.45, 7) is 0.152. The molecule has 1 saturated heterocycles. The molecule has 2 amide bonds. The number of hydrogen-bond acceptors (Lipinski definition) is 3. The van der Waals surface area contributed by atoms with Gasteiger partial charge in [0.15, 0.2) is 0 Å². The number of aliphatic imine (C=N–C) groups is 1. The Morgan fingerprint density at radius 3 is 2.83 bits per heavy atom. The molecule has 1 heterocycles. The number of nitrogens with zero attached hydrogens (tertiary/aromatic N) is 2. The third kappa shape index (κ3) is 2.43. The second-order valence-corrected chi connectivity index (χ2v) is 4.24. The van der Waals surface area contributed by atoms with Crippen molar-refractivity contribution in [3.05, 3.63) is 28.8 Å². The number of nitrogens with one attached hydrogen (secondary N) is 1. The van der Waals surface area contributed by atoms with Crippen LogP contribution in [0.15, 0.2) is 23.2 Å². The van der Waals surface area contributed by atoms with Crippen LogP contribution in [-0.4, -0.2) is 41.4 Å². The predicted octanol–water partition coefficient (Wildman–Crippen LogP) is 0.603. The number of rotatable bonds is 1. The summed E-state index contributed by atoms with van der Waals surface area (Å²) in [4.78, 5) is 28.1. The molecule has 0 radical (unpaired) electrons. The van der Waals surface area contributed by atoms with Gasteiger partial charge < -0.3 is 10.0 Å². The van der Waals surface area contributed by atoms with Crippen molar-refractivity contribution in [3.8, 4) is 5.75 Å². The molecule has 0 aliphatic carbocycles. The van der Waals surface area contributed by atoms with Crippen LogP contribution < -0.4 is 5.32 Å². The van der Waals surface area contributed by atoms with Crippen LogP contribution in [0.3, 0.4) is 0 Å². The Hall–Kier alpha value is -2.08. The second-order valence-electron chi connectivity index (χ2n) is 3.81. The van der Waals surface area contributed by atoms with Gasteiger partial charge in [-0.15, -0.1) is 0 Å². The summed E-state index contributed by atoms with van der Waals surface area (Å²) in [7, 11) is 1.63. The molecule has 18 heavy (non-hydrogen) atoms. The van der Waals surface area contributed by atoms with E-state index < -0.39 is 5.91 Å². The van der Waals surface area contributed by atoms with E-state index in [1.165, 1.54) is 23.1 Å². The smallest absolute Gasteiger partial charge is 0.283 e. The second kappa shape index (κ2) is 4.66. The normalized spacial score (nSPS) is 17.1. The van der Waals surface area contributed by atoms with Gasteiger partial charge in [0, 0.05) is 12.1 Å². The number of aromatic hydroxyl groups is 1. The van der Waals surface area contributed by atoms with E-state index >= 15 is 0 Å². The minimum atomic E-state index is -0.645. The molecule has 0 unspecified atom stereocenters. The summed E-state index contributed by atoms with van der Waals surface area (Å²) in [5.41, 5.74) is 0.0291. The Labute approximate surface area is 108 Å². The maximum Gasteiger partial charge on any atom is 0.283 e. The Kier molecular flexibility index (Phi) is 3.20. The predicted molar refractivity (Wildman–Crippen MR) is 65.7 cm³/mol. The molecule has 1 aromatic rings. The summed E-state index contributed by atoms with van der Waals surface area (Å²) < 4.78 is 0. The Morgan fingerprint density at radius 2 is 2.28 bits per heavy atom. The minimum Gasteiger partial charge on any atom is -0.507 e. The third-order valence-corrected chi connectivity index (χ3v) is 2.63. The SMILES string of the molecule is CN1CC(=O)NC1=NC(=O)c1ccc(Cl)cc1O. The van der Waals surface area contributed by atoms with Crippen LogP contribution in [0.25, 0.3) is 0 Å². The van der Waals surface area contributed by atoms with Gasteiger partial charge in [-0.1, -0.05) is 11.6 Å². The Morgan fingerprint density at radius 1 is 1.56 bits per heavy atom. The summed E-state index contributed by atoms with van der Waals surface area (Å²) in [6.07, 6.45) is 0. The first-order valence-electron chi connectivity index (χ1n) is 5.10. The highest BCUT2D eigenvalue weighted by molar-refractivity contribution is 6.30. The molecule has 0 spiro atoms. The van der Waals surface area contributed by atoms with Crippen LogP contribution in [0, 0.1) is 0 Å². The largest absolute Gasteiger partial charge is 0.507 e. The van der Waals surface area contributed by atoms with Crippen LogP contribution >= 0.6 is 11.6 Å². The molecule has 94 valence electrons.